The lowest BCUT2D eigenvalue weighted by molar-refractivity contribution is -0.251. The predicted octanol–water partition coefficient (Wildman–Crippen LogP) is 10.7. The molecule has 2 aromatic rings. The molecule has 6 saturated carbocycles. The van der Waals surface area contributed by atoms with Crippen molar-refractivity contribution < 1.29 is 18.7 Å². The molecule has 53 heavy (non-hydrogen) atoms. The number of fused-ring (bicyclic) bond motifs is 7. The van der Waals surface area contributed by atoms with Gasteiger partial charge in [0.05, 0.1) is 23.3 Å². The minimum Gasteiger partial charge on any atom is -0.462 e. The zero-order chi connectivity index (χ0) is 37.3. The number of likely N-dealkylation sites (tertiary alicyclic amines) is 1. The van der Waals surface area contributed by atoms with Crippen molar-refractivity contribution in [1.82, 2.24) is 14.9 Å². The van der Waals surface area contributed by atoms with E-state index in [0.717, 1.165) is 68.6 Å². The molecule has 1 saturated heterocycles. The van der Waals surface area contributed by atoms with Crippen molar-refractivity contribution in [2.24, 2.45) is 62.1 Å². The highest BCUT2D eigenvalue weighted by atomic mass is 19.1. The number of rotatable bonds is 5. The van der Waals surface area contributed by atoms with E-state index in [9.17, 15) is 9.18 Å². The van der Waals surface area contributed by atoms with Crippen LogP contribution in [0.2, 0.25) is 0 Å². The van der Waals surface area contributed by atoms with Crippen LogP contribution < -0.4 is 0 Å². The zero-order valence-electron chi connectivity index (χ0n) is 33.5. The number of aromatic amines is 1. The van der Waals surface area contributed by atoms with Crippen LogP contribution in [0.25, 0.3) is 11.3 Å². The Morgan fingerprint density at radius 2 is 1.57 bits per heavy atom. The minimum atomic E-state index is -0.288. The normalized spacial score (nSPS) is 43.6. The van der Waals surface area contributed by atoms with Crippen molar-refractivity contribution >= 4 is 11.9 Å². The van der Waals surface area contributed by atoms with Gasteiger partial charge in [-0.25, -0.2) is 9.37 Å². The molecule has 7 aliphatic rings. The lowest BCUT2D eigenvalue weighted by Gasteiger charge is -2.73. The number of imidazole rings is 1. The van der Waals surface area contributed by atoms with Gasteiger partial charge in [-0.05, 0) is 171 Å². The summed E-state index contributed by atoms with van der Waals surface area (Å²) in [6.45, 7) is 17.7. The molecular formula is C46H64FN3O3. The fraction of sp³-hybridized carbons (Fsp3) is 0.761. The molecule has 6 aliphatic carbocycles. The number of halogens is 1. The number of H-pyrrole nitrogens is 1. The number of nitrogens with one attached hydrogen (secondary N) is 1. The van der Waals surface area contributed by atoms with Crippen molar-refractivity contribution in [2.75, 3.05) is 6.54 Å². The Labute approximate surface area is 317 Å². The maximum Gasteiger partial charge on any atom is 0.302 e. The molecule has 2 heterocycles. The third-order valence-corrected chi connectivity index (χ3v) is 18.6. The maximum absolute atomic E-state index is 15.6. The molecule has 6 nitrogen and oxygen atoms in total. The summed E-state index contributed by atoms with van der Waals surface area (Å²) in [6, 6.07) is 6.53. The van der Waals surface area contributed by atoms with Gasteiger partial charge in [0.25, 0.3) is 0 Å². The first-order valence-electron chi connectivity index (χ1n) is 21.4. The molecule has 1 amide bonds. The summed E-state index contributed by atoms with van der Waals surface area (Å²) < 4.78 is 19.7. The Hall–Kier alpha value is -2.70. The van der Waals surface area contributed by atoms with E-state index in [2.05, 4.69) is 51.4 Å². The van der Waals surface area contributed by atoms with Crippen LogP contribution in [-0.4, -0.2) is 39.4 Å². The Bertz CT molecular complexity index is 1780. The van der Waals surface area contributed by atoms with Gasteiger partial charge in [-0.15, -0.1) is 0 Å². The van der Waals surface area contributed by atoms with Crippen molar-refractivity contribution in [3.63, 3.8) is 0 Å². The van der Waals surface area contributed by atoms with E-state index < -0.39 is 0 Å². The molecule has 1 N–H and O–H groups in total. The zero-order valence-corrected chi connectivity index (χ0v) is 33.5. The quantitative estimate of drug-likeness (QED) is 0.311. The number of hydrogen-bond donors (Lipinski definition) is 1. The highest BCUT2D eigenvalue weighted by Gasteiger charge is 2.74. The summed E-state index contributed by atoms with van der Waals surface area (Å²) in [6.07, 6.45) is 17.8. The van der Waals surface area contributed by atoms with E-state index in [4.69, 9.17) is 9.72 Å². The largest absolute Gasteiger partial charge is 0.462 e. The van der Waals surface area contributed by atoms with Crippen LogP contribution in [0.3, 0.4) is 0 Å². The Kier molecular flexibility index (Phi) is 8.08. The summed E-state index contributed by atoms with van der Waals surface area (Å²) >= 11 is 0. The second-order valence-corrected chi connectivity index (χ2v) is 21.0. The first kappa shape index (κ1) is 36.0. The second-order valence-electron chi connectivity index (χ2n) is 21.0. The number of ether oxygens (including phenoxy) is 1. The summed E-state index contributed by atoms with van der Waals surface area (Å²) in [4.78, 5) is 38.4. The first-order chi connectivity index (χ1) is 25.1. The number of carbonyl (C=O) groups is 2. The van der Waals surface area contributed by atoms with Gasteiger partial charge in [-0.2, -0.15) is 0 Å². The first-order valence-corrected chi connectivity index (χ1v) is 21.4. The molecule has 7 heteroatoms. The molecule has 1 aliphatic heterocycles. The molecular weight excluding hydrogens is 662 g/mol. The number of esters is 1. The summed E-state index contributed by atoms with van der Waals surface area (Å²) in [5.74, 6) is 3.71. The average Bonchev–Trinajstić information content (AvgIpc) is 3.50. The number of amides is 1. The van der Waals surface area contributed by atoms with Crippen LogP contribution in [0.5, 0.6) is 0 Å². The van der Waals surface area contributed by atoms with Crippen LogP contribution in [0.15, 0.2) is 30.5 Å². The summed E-state index contributed by atoms with van der Waals surface area (Å²) in [7, 11) is 0. The Balaban J connectivity index is 1.03. The van der Waals surface area contributed by atoms with Gasteiger partial charge in [0.15, 0.2) is 0 Å². The van der Waals surface area contributed by atoms with Crippen LogP contribution in [-0.2, 0) is 14.3 Å². The van der Waals surface area contributed by atoms with Gasteiger partial charge < -0.3 is 14.6 Å². The van der Waals surface area contributed by atoms with Crippen molar-refractivity contribution in [2.45, 2.75) is 151 Å². The molecule has 288 valence electrons. The smallest absolute Gasteiger partial charge is 0.302 e. The van der Waals surface area contributed by atoms with Gasteiger partial charge >= 0.3 is 5.97 Å². The number of benzene rings is 1. The lowest BCUT2D eigenvalue weighted by atomic mass is 9.32. The van der Waals surface area contributed by atoms with Crippen molar-refractivity contribution in [3.8, 4) is 11.3 Å². The average molecular weight is 726 g/mol. The molecule has 1 aromatic heterocycles. The Morgan fingerprint density at radius 1 is 0.811 bits per heavy atom. The van der Waals surface area contributed by atoms with E-state index >= 15 is 4.79 Å². The number of aromatic nitrogens is 2. The van der Waals surface area contributed by atoms with Gasteiger partial charge in [0.2, 0.25) is 5.91 Å². The fourth-order valence-electron chi connectivity index (χ4n) is 15.6. The molecule has 9 rings (SSSR count). The predicted molar refractivity (Wildman–Crippen MR) is 205 cm³/mol. The molecule has 0 spiro atoms. The fourth-order valence-corrected chi connectivity index (χ4v) is 15.6. The number of carbonyl (C=O) groups excluding carboxylic acids is 2. The Morgan fingerprint density at radius 3 is 2.28 bits per heavy atom. The van der Waals surface area contributed by atoms with E-state index in [0.29, 0.717) is 40.9 Å². The summed E-state index contributed by atoms with van der Waals surface area (Å²) in [5, 5.41) is 0. The topological polar surface area (TPSA) is 75.3 Å². The van der Waals surface area contributed by atoms with Crippen LogP contribution >= 0.6 is 0 Å². The molecule has 11 atom stereocenters. The van der Waals surface area contributed by atoms with E-state index in [1.807, 2.05) is 6.20 Å². The molecule has 1 unspecified atom stereocenters. The van der Waals surface area contributed by atoms with Crippen LogP contribution in [0.4, 0.5) is 4.39 Å². The van der Waals surface area contributed by atoms with Crippen molar-refractivity contribution in [1.29, 1.82) is 0 Å². The monoisotopic (exact) mass is 725 g/mol. The van der Waals surface area contributed by atoms with Gasteiger partial charge in [0, 0.05) is 18.9 Å². The lowest BCUT2D eigenvalue weighted by Crippen LogP contribution is -2.67. The third kappa shape index (κ3) is 5.02. The minimum absolute atomic E-state index is 0.000657. The van der Waals surface area contributed by atoms with Gasteiger partial charge in [-0.1, -0.05) is 41.5 Å². The van der Waals surface area contributed by atoms with E-state index in [-0.39, 0.29) is 51.0 Å². The molecule has 7 fully saturated rings. The van der Waals surface area contributed by atoms with Gasteiger partial charge in [0.1, 0.15) is 17.7 Å². The maximum atomic E-state index is 15.6. The standard InChI is InChI=1S/C46H64FN3O3/c1-28(51)53-37-18-19-43(5)35(41(37,2)3)17-20-45(7)36(43)15-14-32-38-31(42(4)22-23-42)16-21-46(38,25-24-44(32,45)6)40(52)50-26-8-9-34(50)39-48-27-33(49-39)29-10-12-30(47)13-11-29/h10-13,27,31-32,34-38H,8-9,14-26H2,1-7H3,(H,48,49)/t31-,32-,34?,35+,36-,37+,38-,43+,44-,45-,46+/m1/s1. The number of hydrogen-bond acceptors (Lipinski definition) is 4. The van der Waals surface area contributed by atoms with Crippen LogP contribution in [0, 0.1) is 67.9 Å². The molecule has 1 aromatic carbocycles. The highest BCUT2D eigenvalue weighted by molar-refractivity contribution is 5.84. The second kappa shape index (κ2) is 11.9. The third-order valence-electron chi connectivity index (χ3n) is 18.6. The van der Waals surface area contributed by atoms with E-state index in [1.165, 1.54) is 57.1 Å². The molecule has 0 radical (unpaired) electrons. The van der Waals surface area contributed by atoms with Crippen LogP contribution in [0.1, 0.15) is 150 Å². The van der Waals surface area contributed by atoms with E-state index in [1.54, 1.807) is 19.1 Å². The van der Waals surface area contributed by atoms with Crippen molar-refractivity contribution in [3.05, 3.63) is 42.1 Å². The SMILES string of the molecule is CC(=O)O[C@H]1CC[C@]2(C)[C@H]3CC[C@@H]4[C@H]5[C@H](C6(C)CC6)CC[C@]5(C(=O)N5CCCC5c5ncc(-c6ccc(F)cc6)[nH]5)CC[C@@]4(C)[C@]3(C)CC[C@H]2C1(C)C. The van der Waals surface area contributed by atoms with Gasteiger partial charge in [-0.3, -0.25) is 9.59 Å². The highest BCUT2D eigenvalue weighted by Crippen LogP contribution is 2.79. The number of nitrogens with zero attached hydrogens (tertiary/aromatic N) is 2. The molecule has 0 bridgehead atoms. The summed E-state index contributed by atoms with van der Waals surface area (Å²) in [5.41, 5.74) is 2.48.